The smallest absolute Gasteiger partial charge is 0.137 e. The fourth-order valence-corrected chi connectivity index (χ4v) is 2.41. The minimum Gasteiger partial charge on any atom is -0.306 e. The number of hydrogen-bond donors (Lipinski definition) is 0. The summed E-state index contributed by atoms with van der Waals surface area (Å²) < 4.78 is 2.06. The number of allylic oxidation sites excluding steroid dienone is 3. The topological polar surface area (TPSA) is 29.7 Å². The second-order valence-electron chi connectivity index (χ2n) is 5.63. The van der Waals surface area contributed by atoms with Gasteiger partial charge in [0.05, 0.1) is 5.69 Å². The van der Waals surface area contributed by atoms with Gasteiger partial charge in [0.2, 0.25) is 0 Å². The van der Waals surface area contributed by atoms with E-state index in [2.05, 4.69) is 77.3 Å². The van der Waals surface area contributed by atoms with Crippen molar-refractivity contribution in [2.24, 2.45) is 4.99 Å². The van der Waals surface area contributed by atoms with Crippen molar-refractivity contribution in [1.82, 2.24) is 9.38 Å². The van der Waals surface area contributed by atoms with Crippen LogP contribution in [0, 0.1) is 6.92 Å². The van der Waals surface area contributed by atoms with E-state index in [1.54, 1.807) is 6.20 Å². The molecule has 0 amide bonds. The molecule has 3 heteroatoms. The van der Waals surface area contributed by atoms with E-state index < -0.39 is 0 Å². The molecular formula is C21H19N3. The van der Waals surface area contributed by atoms with Gasteiger partial charge in [0.15, 0.2) is 0 Å². The van der Waals surface area contributed by atoms with Gasteiger partial charge in [-0.15, -0.1) is 0 Å². The zero-order chi connectivity index (χ0) is 16.9. The predicted octanol–water partition coefficient (Wildman–Crippen LogP) is 5.09. The van der Waals surface area contributed by atoms with Gasteiger partial charge in [0.1, 0.15) is 5.65 Å². The first kappa shape index (κ1) is 15.7. The van der Waals surface area contributed by atoms with Crippen LogP contribution in [-0.4, -0.2) is 16.1 Å². The van der Waals surface area contributed by atoms with Gasteiger partial charge in [-0.05, 0) is 42.5 Å². The Labute approximate surface area is 142 Å². The maximum absolute atomic E-state index is 4.67. The molecule has 2 heterocycles. The summed E-state index contributed by atoms with van der Waals surface area (Å²) in [6.45, 7) is 9.41. The summed E-state index contributed by atoms with van der Waals surface area (Å²) in [5.41, 5.74) is 6.23. The first-order chi connectivity index (χ1) is 11.7. The molecule has 0 saturated heterocycles. The van der Waals surface area contributed by atoms with Gasteiger partial charge in [-0.1, -0.05) is 49.1 Å². The van der Waals surface area contributed by atoms with E-state index in [0.29, 0.717) is 0 Å². The van der Waals surface area contributed by atoms with E-state index >= 15 is 0 Å². The Kier molecular flexibility index (Phi) is 4.52. The molecule has 0 aliphatic heterocycles. The highest BCUT2D eigenvalue weighted by Crippen LogP contribution is 2.20. The van der Waals surface area contributed by atoms with Crippen LogP contribution in [0.3, 0.4) is 0 Å². The molecule has 0 fully saturated rings. The van der Waals surface area contributed by atoms with E-state index in [4.69, 9.17) is 0 Å². The third-order valence-electron chi connectivity index (χ3n) is 3.69. The molecule has 0 N–H and O–H groups in total. The van der Waals surface area contributed by atoms with Crippen LogP contribution in [0.15, 0.2) is 84.3 Å². The molecular weight excluding hydrogens is 294 g/mol. The van der Waals surface area contributed by atoms with Gasteiger partial charge < -0.3 is 4.40 Å². The number of aryl methyl sites for hydroxylation is 1. The second-order valence-corrected chi connectivity index (χ2v) is 5.63. The van der Waals surface area contributed by atoms with Crippen molar-refractivity contribution in [3.05, 3.63) is 90.4 Å². The van der Waals surface area contributed by atoms with E-state index in [1.165, 1.54) is 5.56 Å². The SMILES string of the molecule is C=N/C=C\C(=C)/C=C/c1ccc(-c2cn3cc(C)ccc3n2)cc1. The van der Waals surface area contributed by atoms with Crippen LogP contribution in [0.2, 0.25) is 0 Å². The van der Waals surface area contributed by atoms with Gasteiger partial charge >= 0.3 is 0 Å². The Morgan fingerprint density at radius 2 is 1.88 bits per heavy atom. The summed E-state index contributed by atoms with van der Waals surface area (Å²) in [6.07, 6.45) is 11.6. The summed E-state index contributed by atoms with van der Waals surface area (Å²) in [7, 11) is 0. The van der Waals surface area contributed by atoms with Gasteiger partial charge in [-0.25, -0.2) is 4.98 Å². The molecule has 0 bridgehead atoms. The average molecular weight is 313 g/mol. The summed E-state index contributed by atoms with van der Waals surface area (Å²) >= 11 is 0. The van der Waals surface area contributed by atoms with Gasteiger partial charge in [0, 0.05) is 24.2 Å². The maximum atomic E-state index is 4.67. The number of fused-ring (bicyclic) bond motifs is 1. The lowest BCUT2D eigenvalue weighted by atomic mass is 10.1. The van der Waals surface area contributed by atoms with Crippen LogP contribution in [0.5, 0.6) is 0 Å². The summed E-state index contributed by atoms with van der Waals surface area (Å²) in [6, 6.07) is 12.4. The zero-order valence-electron chi connectivity index (χ0n) is 13.7. The molecule has 0 radical (unpaired) electrons. The molecule has 0 unspecified atom stereocenters. The molecule has 0 spiro atoms. The molecule has 3 rings (SSSR count). The number of hydrogen-bond acceptors (Lipinski definition) is 2. The number of rotatable bonds is 5. The molecule has 1 aromatic carbocycles. The monoisotopic (exact) mass is 313 g/mol. The molecule has 118 valence electrons. The highest BCUT2D eigenvalue weighted by Gasteiger charge is 2.04. The third-order valence-corrected chi connectivity index (χ3v) is 3.69. The quantitative estimate of drug-likeness (QED) is 0.476. The molecule has 0 aliphatic carbocycles. The Morgan fingerprint density at radius 1 is 1.08 bits per heavy atom. The lowest BCUT2D eigenvalue weighted by Gasteiger charge is -1.98. The Balaban J connectivity index is 1.80. The van der Waals surface area contributed by atoms with Gasteiger partial charge in [-0.3, -0.25) is 4.99 Å². The van der Waals surface area contributed by atoms with Crippen molar-refractivity contribution < 1.29 is 0 Å². The van der Waals surface area contributed by atoms with Crippen molar-refractivity contribution in [3.63, 3.8) is 0 Å². The fourth-order valence-electron chi connectivity index (χ4n) is 2.41. The average Bonchev–Trinajstić information content (AvgIpc) is 3.01. The molecule has 24 heavy (non-hydrogen) atoms. The van der Waals surface area contributed by atoms with Crippen LogP contribution in [-0.2, 0) is 0 Å². The van der Waals surface area contributed by atoms with Crippen LogP contribution >= 0.6 is 0 Å². The van der Waals surface area contributed by atoms with Gasteiger partial charge in [0.25, 0.3) is 0 Å². The molecule has 3 aromatic rings. The number of aliphatic imine (C=N–C) groups is 1. The van der Waals surface area contributed by atoms with Crippen molar-refractivity contribution in [3.8, 4) is 11.3 Å². The molecule has 2 aromatic heterocycles. The van der Waals surface area contributed by atoms with E-state index in [-0.39, 0.29) is 0 Å². The van der Waals surface area contributed by atoms with Crippen LogP contribution < -0.4 is 0 Å². The zero-order valence-corrected chi connectivity index (χ0v) is 13.7. The lowest BCUT2D eigenvalue weighted by molar-refractivity contribution is 1.16. The van der Waals surface area contributed by atoms with Crippen molar-refractivity contribution in [2.45, 2.75) is 6.92 Å². The van der Waals surface area contributed by atoms with Crippen LogP contribution in [0.25, 0.3) is 23.0 Å². The molecule has 0 atom stereocenters. The van der Waals surface area contributed by atoms with E-state index in [1.807, 2.05) is 24.3 Å². The van der Waals surface area contributed by atoms with Crippen molar-refractivity contribution in [2.75, 3.05) is 0 Å². The van der Waals surface area contributed by atoms with E-state index in [9.17, 15) is 0 Å². The first-order valence-corrected chi connectivity index (χ1v) is 7.71. The highest BCUT2D eigenvalue weighted by atomic mass is 15.0. The summed E-state index contributed by atoms with van der Waals surface area (Å²) in [5.74, 6) is 0. The summed E-state index contributed by atoms with van der Waals surface area (Å²) in [4.78, 5) is 8.33. The predicted molar refractivity (Wildman–Crippen MR) is 102 cm³/mol. The number of nitrogens with zero attached hydrogens (tertiary/aromatic N) is 3. The number of benzene rings is 1. The second kappa shape index (κ2) is 6.92. The maximum Gasteiger partial charge on any atom is 0.137 e. The van der Waals surface area contributed by atoms with Crippen LogP contribution in [0.1, 0.15) is 11.1 Å². The fraction of sp³-hybridized carbons (Fsp3) is 0.0476. The van der Waals surface area contributed by atoms with E-state index in [0.717, 1.165) is 28.0 Å². The normalized spacial score (nSPS) is 11.5. The number of imidazole rings is 1. The Hall–Kier alpha value is -3.20. The number of aromatic nitrogens is 2. The Morgan fingerprint density at radius 3 is 2.62 bits per heavy atom. The Bertz CT molecular complexity index is 941. The number of pyridine rings is 1. The largest absolute Gasteiger partial charge is 0.306 e. The summed E-state index contributed by atoms with van der Waals surface area (Å²) in [5, 5.41) is 0. The minimum atomic E-state index is 0.877. The molecule has 0 saturated carbocycles. The minimum absolute atomic E-state index is 0.877. The van der Waals surface area contributed by atoms with Crippen LogP contribution in [0.4, 0.5) is 0 Å². The molecule has 0 aliphatic rings. The first-order valence-electron chi connectivity index (χ1n) is 7.71. The highest BCUT2D eigenvalue weighted by molar-refractivity contribution is 5.65. The standard InChI is InChI=1S/C21H19N3/c1-16(12-13-22-3)4-6-18-7-9-19(10-8-18)20-15-24-14-17(2)5-11-21(24)23-20/h4-15H,1,3H2,2H3/b6-4+,13-12-. The lowest BCUT2D eigenvalue weighted by Crippen LogP contribution is -1.82. The molecule has 3 nitrogen and oxygen atoms in total. The van der Waals surface area contributed by atoms with Gasteiger partial charge in [-0.2, -0.15) is 0 Å². The third kappa shape index (κ3) is 3.58. The van der Waals surface area contributed by atoms with Crippen molar-refractivity contribution in [1.29, 1.82) is 0 Å². The van der Waals surface area contributed by atoms with Crippen molar-refractivity contribution >= 4 is 18.4 Å².